The number of hydrogen-bond acceptors (Lipinski definition) is 2. The molecule has 11 heavy (non-hydrogen) atoms. The van der Waals surface area contributed by atoms with E-state index in [0.29, 0.717) is 6.42 Å². The van der Waals surface area contributed by atoms with Crippen LogP contribution in [0.3, 0.4) is 0 Å². The Morgan fingerprint density at radius 3 is 2.73 bits per heavy atom. The zero-order valence-electron chi connectivity index (χ0n) is 6.12. The Morgan fingerprint density at radius 2 is 2.27 bits per heavy atom. The van der Waals surface area contributed by atoms with Gasteiger partial charge in [0.25, 0.3) is 0 Å². The highest BCUT2D eigenvalue weighted by molar-refractivity contribution is 5.65. The van der Waals surface area contributed by atoms with Gasteiger partial charge in [0.15, 0.2) is 0 Å². The Balaban J connectivity index is 2.29. The first-order valence-electron chi connectivity index (χ1n) is 3.67. The molecule has 4 heteroatoms. The maximum absolute atomic E-state index is 10.3. The summed E-state index contributed by atoms with van der Waals surface area (Å²) in [5, 5.41) is 10.7. The van der Waals surface area contributed by atoms with Gasteiger partial charge in [-0.15, -0.1) is 0 Å². The number of amides is 1. The highest BCUT2D eigenvalue weighted by Crippen LogP contribution is 2.23. The van der Waals surface area contributed by atoms with E-state index < -0.39 is 6.09 Å². The molecule has 0 aromatic carbocycles. The zero-order valence-corrected chi connectivity index (χ0v) is 6.12. The van der Waals surface area contributed by atoms with E-state index in [4.69, 9.17) is 5.11 Å². The summed E-state index contributed by atoms with van der Waals surface area (Å²) in [5.74, 6) is 0.0619. The zero-order chi connectivity index (χ0) is 8.27. The molecule has 1 saturated carbocycles. The van der Waals surface area contributed by atoms with Crippen molar-refractivity contribution in [2.45, 2.75) is 25.3 Å². The molecule has 1 aliphatic rings. The summed E-state index contributed by atoms with van der Waals surface area (Å²) < 4.78 is 0. The molecule has 0 spiro atoms. The van der Waals surface area contributed by atoms with Crippen LogP contribution in [0.2, 0.25) is 0 Å². The third-order valence-corrected chi connectivity index (χ3v) is 1.99. The molecule has 1 amide bonds. The lowest BCUT2D eigenvalue weighted by atomic mass is 10.1. The van der Waals surface area contributed by atoms with Crippen LogP contribution < -0.4 is 5.32 Å². The van der Waals surface area contributed by atoms with Crippen molar-refractivity contribution in [3.8, 4) is 0 Å². The van der Waals surface area contributed by atoms with Crippen LogP contribution in [0.25, 0.3) is 0 Å². The highest BCUT2D eigenvalue weighted by Gasteiger charge is 2.24. The van der Waals surface area contributed by atoms with Gasteiger partial charge in [-0.1, -0.05) is 0 Å². The number of carbonyl (C=O) groups excluding carboxylic acids is 1. The summed E-state index contributed by atoms with van der Waals surface area (Å²) in [4.78, 5) is 20.4. The number of aldehydes is 1. The van der Waals surface area contributed by atoms with Gasteiger partial charge in [-0.25, -0.2) is 4.79 Å². The molecule has 0 radical (unpaired) electrons. The average molecular weight is 157 g/mol. The van der Waals surface area contributed by atoms with Crippen LogP contribution in [0.1, 0.15) is 19.3 Å². The van der Waals surface area contributed by atoms with E-state index in [9.17, 15) is 9.59 Å². The highest BCUT2D eigenvalue weighted by atomic mass is 16.4. The molecular weight excluding hydrogens is 146 g/mol. The molecule has 0 heterocycles. The Hall–Kier alpha value is -1.06. The first-order valence-corrected chi connectivity index (χ1v) is 3.67. The van der Waals surface area contributed by atoms with Gasteiger partial charge in [-0.05, 0) is 19.3 Å². The van der Waals surface area contributed by atoms with Crippen molar-refractivity contribution >= 4 is 12.4 Å². The molecule has 0 bridgehead atoms. The molecular formula is C7H11NO3. The van der Waals surface area contributed by atoms with Gasteiger partial charge in [0.05, 0.1) is 0 Å². The molecule has 2 unspecified atom stereocenters. The van der Waals surface area contributed by atoms with Crippen molar-refractivity contribution in [1.82, 2.24) is 5.32 Å². The molecule has 2 N–H and O–H groups in total. The monoisotopic (exact) mass is 157 g/mol. The van der Waals surface area contributed by atoms with Crippen molar-refractivity contribution in [3.05, 3.63) is 0 Å². The van der Waals surface area contributed by atoms with Crippen LogP contribution >= 0.6 is 0 Å². The first-order chi connectivity index (χ1) is 5.22. The van der Waals surface area contributed by atoms with Crippen molar-refractivity contribution in [2.24, 2.45) is 5.92 Å². The smallest absolute Gasteiger partial charge is 0.404 e. The predicted molar refractivity (Wildman–Crippen MR) is 38.4 cm³/mol. The van der Waals surface area contributed by atoms with Gasteiger partial charge >= 0.3 is 6.09 Å². The molecule has 1 rings (SSSR count). The lowest BCUT2D eigenvalue weighted by Crippen LogP contribution is -2.31. The summed E-state index contributed by atoms with van der Waals surface area (Å²) in [6.07, 6.45) is 2.17. The van der Waals surface area contributed by atoms with Crippen molar-refractivity contribution < 1.29 is 14.7 Å². The van der Waals surface area contributed by atoms with Gasteiger partial charge in [0, 0.05) is 12.0 Å². The number of carbonyl (C=O) groups is 2. The van der Waals surface area contributed by atoms with E-state index in [2.05, 4.69) is 5.32 Å². The minimum absolute atomic E-state index is 0.0114. The maximum Gasteiger partial charge on any atom is 0.404 e. The molecule has 1 aliphatic carbocycles. The van der Waals surface area contributed by atoms with Crippen molar-refractivity contribution in [1.29, 1.82) is 0 Å². The SMILES string of the molecule is O=CC1CCC(NC(=O)O)C1. The largest absolute Gasteiger partial charge is 0.465 e. The minimum atomic E-state index is -0.999. The second kappa shape index (κ2) is 3.37. The van der Waals surface area contributed by atoms with E-state index in [1.165, 1.54) is 0 Å². The normalized spacial score (nSPS) is 29.8. The first kappa shape index (κ1) is 8.04. The van der Waals surface area contributed by atoms with E-state index in [-0.39, 0.29) is 12.0 Å². The molecule has 62 valence electrons. The molecule has 0 aromatic rings. The standard InChI is InChI=1S/C7H11NO3/c9-4-5-1-2-6(3-5)8-7(10)11/h4-6,8H,1-3H2,(H,10,11). The van der Waals surface area contributed by atoms with Gasteiger partial charge in [-0.2, -0.15) is 0 Å². The summed E-state index contributed by atoms with van der Waals surface area (Å²) in [6.45, 7) is 0. The fourth-order valence-electron chi connectivity index (χ4n) is 1.45. The van der Waals surface area contributed by atoms with Crippen LogP contribution in [0.15, 0.2) is 0 Å². The Kier molecular flexibility index (Phi) is 2.46. The summed E-state index contributed by atoms with van der Waals surface area (Å²) in [5.41, 5.74) is 0. The third kappa shape index (κ3) is 2.22. The van der Waals surface area contributed by atoms with Crippen LogP contribution in [0.5, 0.6) is 0 Å². The molecule has 0 saturated heterocycles. The number of carboxylic acid groups (broad SMARTS) is 1. The molecule has 4 nitrogen and oxygen atoms in total. The Labute approximate surface area is 64.6 Å². The third-order valence-electron chi connectivity index (χ3n) is 1.99. The predicted octanol–water partition coefficient (Wildman–Crippen LogP) is 0.622. The number of nitrogens with one attached hydrogen (secondary N) is 1. The van der Waals surface area contributed by atoms with Crippen molar-refractivity contribution in [2.75, 3.05) is 0 Å². The topological polar surface area (TPSA) is 66.4 Å². The summed E-state index contributed by atoms with van der Waals surface area (Å²) in [6, 6.07) is -0.0114. The fraction of sp³-hybridized carbons (Fsp3) is 0.714. The van der Waals surface area contributed by atoms with Gasteiger partial charge in [0.2, 0.25) is 0 Å². The van der Waals surface area contributed by atoms with Gasteiger partial charge in [-0.3, -0.25) is 0 Å². The fourth-order valence-corrected chi connectivity index (χ4v) is 1.45. The van der Waals surface area contributed by atoms with E-state index >= 15 is 0 Å². The van der Waals surface area contributed by atoms with Gasteiger partial charge in [0.1, 0.15) is 6.29 Å². The van der Waals surface area contributed by atoms with E-state index in [0.717, 1.165) is 19.1 Å². The number of hydrogen-bond donors (Lipinski definition) is 2. The van der Waals surface area contributed by atoms with Crippen LogP contribution in [-0.2, 0) is 4.79 Å². The van der Waals surface area contributed by atoms with Crippen LogP contribution in [0, 0.1) is 5.92 Å². The van der Waals surface area contributed by atoms with Crippen LogP contribution in [0.4, 0.5) is 4.79 Å². The number of rotatable bonds is 2. The Morgan fingerprint density at radius 1 is 1.55 bits per heavy atom. The van der Waals surface area contributed by atoms with E-state index in [1.54, 1.807) is 0 Å². The lowest BCUT2D eigenvalue weighted by Gasteiger charge is -2.07. The maximum atomic E-state index is 10.3. The molecule has 1 fully saturated rings. The second-order valence-corrected chi connectivity index (χ2v) is 2.86. The van der Waals surface area contributed by atoms with Crippen LogP contribution in [-0.4, -0.2) is 23.5 Å². The quantitative estimate of drug-likeness (QED) is 0.577. The Bertz CT molecular complexity index is 169. The summed E-state index contributed by atoms with van der Waals surface area (Å²) >= 11 is 0. The average Bonchev–Trinajstić information content (AvgIpc) is 2.34. The summed E-state index contributed by atoms with van der Waals surface area (Å²) in [7, 11) is 0. The minimum Gasteiger partial charge on any atom is -0.465 e. The van der Waals surface area contributed by atoms with Crippen molar-refractivity contribution in [3.63, 3.8) is 0 Å². The molecule has 0 aromatic heterocycles. The van der Waals surface area contributed by atoms with Gasteiger partial charge < -0.3 is 15.2 Å². The molecule has 0 aliphatic heterocycles. The molecule has 2 atom stereocenters. The second-order valence-electron chi connectivity index (χ2n) is 2.86. The van der Waals surface area contributed by atoms with E-state index in [1.807, 2.05) is 0 Å². The lowest BCUT2D eigenvalue weighted by molar-refractivity contribution is -0.110.